The van der Waals surface area contributed by atoms with Gasteiger partial charge in [-0.25, -0.2) is 0 Å². The van der Waals surface area contributed by atoms with Crippen LogP contribution >= 0.6 is 0 Å². The SMILES string of the molecule is Cc1ccn(CCCNC(=O)CC2CC3CCC2C3)n1. The number of nitrogens with zero attached hydrogens (tertiary/aromatic N) is 2. The maximum Gasteiger partial charge on any atom is 0.220 e. The summed E-state index contributed by atoms with van der Waals surface area (Å²) >= 11 is 0. The normalized spacial score (nSPS) is 27.9. The molecule has 110 valence electrons. The van der Waals surface area contributed by atoms with Gasteiger partial charge in [0.1, 0.15) is 0 Å². The highest BCUT2D eigenvalue weighted by Crippen LogP contribution is 2.49. The van der Waals surface area contributed by atoms with Crippen LogP contribution < -0.4 is 5.32 Å². The van der Waals surface area contributed by atoms with Gasteiger partial charge in [0.05, 0.1) is 5.69 Å². The van der Waals surface area contributed by atoms with Crippen molar-refractivity contribution in [2.24, 2.45) is 17.8 Å². The topological polar surface area (TPSA) is 46.9 Å². The van der Waals surface area contributed by atoms with Crippen molar-refractivity contribution in [3.8, 4) is 0 Å². The van der Waals surface area contributed by atoms with Gasteiger partial charge in [0, 0.05) is 25.7 Å². The molecule has 0 aromatic carbocycles. The Bertz CT molecular complexity index is 468. The first-order chi connectivity index (χ1) is 9.70. The zero-order chi connectivity index (χ0) is 13.9. The largest absolute Gasteiger partial charge is 0.356 e. The smallest absolute Gasteiger partial charge is 0.220 e. The van der Waals surface area contributed by atoms with Crippen LogP contribution in [0.5, 0.6) is 0 Å². The van der Waals surface area contributed by atoms with Crippen molar-refractivity contribution in [2.75, 3.05) is 6.54 Å². The average Bonchev–Trinajstić information content (AvgIpc) is 3.11. The van der Waals surface area contributed by atoms with Crippen molar-refractivity contribution in [1.29, 1.82) is 0 Å². The summed E-state index contributed by atoms with van der Waals surface area (Å²) < 4.78 is 1.94. The number of nitrogens with one attached hydrogen (secondary N) is 1. The van der Waals surface area contributed by atoms with Crippen LogP contribution in [-0.4, -0.2) is 22.2 Å². The van der Waals surface area contributed by atoms with Gasteiger partial charge >= 0.3 is 0 Å². The maximum atomic E-state index is 12.0. The van der Waals surface area contributed by atoms with Crippen molar-refractivity contribution >= 4 is 5.91 Å². The lowest BCUT2D eigenvalue weighted by Gasteiger charge is -2.20. The van der Waals surface area contributed by atoms with Crippen LogP contribution in [0.1, 0.15) is 44.2 Å². The molecule has 3 unspecified atom stereocenters. The Labute approximate surface area is 120 Å². The standard InChI is InChI=1S/C16H25N3O/c1-12-5-8-19(18-12)7-2-6-17-16(20)11-15-10-13-3-4-14(15)9-13/h5,8,13-15H,2-4,6-7,9-11H2,1H3,(H,17,20). The van der Waals surface area contributed by atoms with Crippen molar-refractivity contribution in [2.45, 2.75) is 52.0 Å². The molecule has 2 fully saturated rings. The van der Waals surface area contributed by atoms with Gasteiger partial charge in [-0.3, -0.25) is 9.48 Å². The maximum absolute atomic E-state index is 12.0. The number of aromatic nitrogens is 2. The minimum absolute atomic E-state index is 0.249. The Morgan fingerprint density at radius 1 is 1.45 bits per heavy atom. The Kier molecular flexibility index (Phi) is 4.08. The van der Waals surface area contributed by atoms with Gasteiger partial charge in [0.2, 0.25) is 5.91 Å². The number of rotatable bonds is 6. The van der Waals surface area contributed by atoms with Crippen LogP contribution in [-0.2, 0) is 11.3 Å². The molecule has 2 aliphatic rings. The zero-order valence-corrected chi connectivity index (χ0v) is 12.3. The van der Waals surface area contributed by atoms with Crippen LogP contribution in [0.3, 0.4) is 0 Å². The number of fused-ring (bicyclic) bond motifs is 2. The van der Waals surface area contributed by atoms with E-state index in [0.717, 1.165) is 43.5 Å². The summed E-state index contributed by atoms with van der Waals surface area (Å²) in [6.07, 6.45) is 9.15. The third-order valence-electron chi connectivity index (χ3n) is 4.99. The van der Waals surface area contributed by atoms with Gasteiger partial charge in [-0.15, -0.1) is 0 Å². The fourth-order valence-corrected chi connectivity index (χ4v) is 3.99. The van der Waals surface area contributed by atoms with Crippen LogP contribution in [0, 0.1) is 24.7 Å². The average molecular weight is 275 g/mol. The van der Waals surface area contributed by atoms with Crippen molar-refractivity contribution in [3.63, 3.8) is 0 Å². The highest BCUT2D eigenvalue weighted by molar-refractivity contribution is 5.76. The summed E-state index contributed by atoms with van der Waals surface area (Å²) in [6.45, 7) is 3.63. The van der Waals surface area contributed by atoms with Crippen LogP contribution in [0.2, 0.25) is 0 Å². The van der Waals surface area contributed by atoms with E-state index < -0.39 is 0 Å². The van der Waals surface area contributed by atoms with E-state index in [1.54, 1.807) is 0 Å². The molecule has 1 aromatic heterocycles. The second-order valence-electron chi connectivity index (χ2n) is 6.56. The van der Waals surface area contributed by atoms with E-state index in [4.69, 9.17) is 0 Å². The minimum atomic E-state index is 0.249. The molecule has 2 aliphatic carbocycles. The molecule has 2 saturated carbocycles. The highest BCUT2D eigenvalue weighted by Gasteiger charge is 2.39. The van der Waals surface area contributed by atoms with E-state index >= 15 is 0 Å². The fraction of sp³-hybridized carbons (Fsp3) is 0.750. The number of amides is 1. The van der Waals surface area contributed by atoms with Crippen LogP contribution in [0.4, 0.5) is 0 Å². The molecule has 4 heteroatoms. The van der Waals surface area contributed by atoms with E-state index in [-0.39, 0.29) is 5.91 Å². The molecule has 3 atom stereocenters. The first-order valence-corrected chi connectivity index (χ1v) is 7.97. The van der Waals surface area contributed by atoms with E-state index in [0.29, 0.717) is 5.92 Å². The second-order valence-corrected chi connectivity index (χ2v) is 6.56. The number of carbonyl (C=O) groups is 1. The molecule has 0 aliphatic heterocycles. The van der Waals surface area contributed by atoms with Gasteiger partial charge in [-0.05, 0) is 56.4 Å². The summed E-state index contributed by atoms with van der Waals surface area (Å²) in [5.74, 6) is 2.69. The van der Waals surface area contributed by atoms with Crippen molar-refractivity contribution < 1.29 is 4.79 Å². The summed E-state index contributed by atoms with van der Waals surface area (Å²) in [7, 11) is 0. The quantitative estimate of drug-likeness (QED) is 0.811. The summed E-state index contributed by atoms with van der Waals surface area (Å²) in [4.78, 5) is 12.0. The van der Waals surface area contributed by atoms with Crippen LogP contribution in [0.25, 0.3) is 0 Å². The van der Waals surface area contributed by atoms with Gasteiger partial charge in [0.25, 0.3) is 0 Å². The van der Waals surface area contributed by atoms with E-state index in [9.17, 15) is 4.79 Å². The highest BCUT2D eigenvalue weighted by atomic mass is 16.1. The van der Waals surface area contributed by atoms with Gasteiger partial charge in [0.15, 0.2) is 0 Å². The van der Waals surface area contributed by atoms with Crippen molar-refractivity contribution in [3.05, 3.63) is 18.0 Å². The number of hydrogen-bond acceptors (Lipinski definition) is 2. The van der Waals surface area contributed by atoms with Crippen LogP contribution in [0.15, 0.2) is 12.3 Å². The molecule has 1 amide bonds. The molecule has 0 radical (unpaired) electrons. The molecule has 3 rings (SSSR count). The third-order valence-corrected chi connectivity index (χ3v) is 4.99. The fourth-order valence-electron chi connectivity index (χ4n) is 3.99. The monoisotopic (exact) mass is 275 g/mol. The lowest BCUT2D eigenvalue weighted by Crippen LogP contribution is -2.28. The van der Waals surface area contributed by atoms with E-state index in [1.807, 2.05) is 23.9 Å². The van der Waals surface area contributed by atoms with Gasteiger partial charge in [-0.2, -0.15) is 5.10 Å². The molecule has 1 heterocycles. The first-order valence-electron chi connectivity index (χ1n) is 7.97. The summed E-state index contributed by atoms with van der Waals surface area (Å²) in [5.41, 5.74) is 1.05. The molecule has 0 spiro atoms. The minimum Gasteiger partial charge on any atom is -0.356 e. The van der Waals surface area contributed by atoms with Gasteiger partial charge in [-0.1, -0.05) is 6.42 Å². The second kappa shape index (κ2) is 5.98. The molecule has 20 heavy (non-hydrogen) atoms. The molecular formula is C16H25N3O. The Morgan fingerprint density at radius 3 is 3.00 bits per heavy atom. The molecule has 2 bridgehead atoms. The molecule has 4 nitrogen and oxygen atoms in total. The Morgan fingerprint density at radius 2 is 2.35 bits per heavy atom. The predicted molar refractivity (Wildman–Crippen MR) is 78.1 cm³/mol. The van der Waals surface area contributed by atoms with E-state index in [2.05, 4.69) is 10.4 Å². The molecule has 1 N–H and O–H groups in total. The van der Waals surface area contributed by atoms with Gasteiger partial charge < -0.3 is 5.32 Å². The Balaban J connectivity index is 1.31. The first kappa shape index (κ1) is 13.7. The molecule has 0 saturated heterocycles. The van der Waals surface area contributed by atoms with Crippen molar-refractivity contribution in [1.82, 2.24) is 15.1 Å². The number of aryl methyl sites for hydroxylation is 2. The predicted octanol–water partition coefficient (Wildman–Crippen LogP) is 2.52. The molecular weight excluding hydrogens is 250 g/mol. The molecule has 1 aromatic rings. The summed E-state index contributed by atoms with van der Waals surface area (Å²) in [6, 6.07) is 2.01. The third kappa shape index (κ3) is 3.22. The summed E-state index contributed by atoms with van der Waals surface area (Å²) in [5, 5.41) is 7.41. The van der Waals surface area contributed by atoms with E-state index in [1.165, 1.54) is 25.7 Å². The number of carbonyl (C=O) groups excluding carboxylic acids is 1. The number of hydrogen-bond donors (Lipinski definition) is 1. The zero-order valence-electron chi connectivity index (χ0n) is 12.3. The lowest BCUT2D eigenvalue weighted by molar-refractivity contribution is -0.122. The Hall–Kier alpha value is -1.32. The lowest BCUT2D eigenvalue weighted by atomic mass is 9.86.